The standard InChI is InChI=1S/C22H21FN4S/c1-15-7-9-18(10-8-15)20-12-19-21(24-14-25-22(19)27(20)28-23)26(3)13-17-6-4-5-16(2)11-17/h4-12,14H,13H2,1-3H3. The Labute approximate surface area is 168 Å². The summed E-state index contributed by atoms with van der Waals surface area (Å²) in [5.74, 6) is 0.785. The predicted octanol–water partition coefficient (Wildman–Crippen LogP) is 5.73. The van der Waals surface area contributed by atoms with Crippen LogP contribution >= 0.6 is 12.3 Å². The molecule has 0 atom stereocenters. The first-order valence-electron chi connectivity index (χ1n) is 9.06. The van der Waals surface area contributed by atoms with Crippen LogP contribution in [0.25, 0.3) is 22.3 Å². The highest BCUT2D eigenvalue weighted by molar-refractivity contribution is 7.93. The average molecular weight is 393 g/mol. The van der Waals surface area contributed by atoms with Gasteiger partial charge in [0.15, 0.2) is 18.0 Å². The molecule has 0 unspecified atom stereocenters. The Morgan fingerprint density at radius 2 is 1.79 bits per heavy atom. The summed E-state index contributed by atoms with van der Waals surface area (Å²) in [5, 5.41) is 0.832. The molecular weight excluding hydrogens is 371 g/mol. The van der Waals surface area contributed by atoms with Crippen molar-refractivity contribution in [1.82, 2.24) is 13.9 Å². The molecule has 4 aromatic rings. The molecular formula is C22H21FN4S. The average Bonchev–Trinajstić information content (AvgIpc) is 3.07. The van der Waals surface area contributed by atoms with E-state index in [0.717, 1.165) is 28.0 Å². The molecule has 4 nitrogen and oxygen atoms in total. The van der Waals surface area contributed by atoms with Gasteiger partial charge >= 0.3 is 0 Å². The van der Waals surface area contributed by atoms with Crippen molar-refractivity contribution >= 4 is 29.2 Å². The summed E-state index contributed by atoms with van der Waals surface area (Å²) in [6.07, 6.45) is 1.50. The third kappa shape index (κ3) is 3.47. The van der Waals surface area contributed by atoms with E-state index in [1.54, 1.807) is 0 Å². The summed E-state index contributed by atoms with van der Waals surface area (Å²) in [7, 11) is 2.00. The van der Waals surface area contributed by atoms with Gasteiger partial charge in [0.25, 0.3) is 0 Å². The highest BCUT2D eigenvalue weighted by atomic mass is 32.2. The van der Waals surface area contributed by atoms with Crippen LogP contribution in [0, 0.1) is 13.8 Å². The molecule has 0 aliphatic rings. The van der Waals surface area contributed by atoms with E-state index in [-0.39, 0.29) is 12.3 Å². The van der Waals surface area contributed by atoms with E-state index in [0.29, 0.717) is 12.2 Å². The smallest absolute Gasteiger partial charge is 0.171 e. The summed E-state index contributed by atoms with van der Waals surface area (Å²) in [6, 6.07) is 18.4. The van der Waals surface area contributed by atoms with E-state index < -0.39 is 0 Å². The summed E-state index contributed by atoms with van der Waals surface area (Å²) >= 11 is 0.165. The quantitative estimate of drug-likeness (QED) is 0.434. The number of benzene rings is 2. The summed E-state index contributed by atoms with van der Waals surface area (Å²) < 4.78 is 15.4. The van der Waals surface area contributed by atoms with E-state index in [4.69, 9.17) is 0 Å². The Kier molecular flexibility index (Phi) is 5.05. The maximum absolute atomic E-state index is 13.8. The Balaban J connectivity index is 1.78. The predicted molar refractivity (Wildman–Crippen MR) is 115 cm³/mol. The van der Waals surface area contributed by atoms with Crippen LogP contribution in [0.5, 0.6) is 0 Å². The van der Waals surface area contributed by atoms with Crippen molar-refractivity contribution < 1.29 is 3.89 Å². The lowest BCUT2D eigenvalue weighted by Crippen LogP contribution is -2.18. The normalized spacial score (nSPS) is 11.1. The Morgan fingerprint density at radius 3 is 2.50 bits per heavy atom. The Bertz CT molecular complexity index is 1120. The van der Waals surface area contributed by atoms with Gasteiger partial charge in [-0.15, -0.1) is 3.89 Å². The number of rotatable bonds is 5. The van der Waals surface area contributed by atoms with Gasteiger partial charge in [-0.25, -0.2) is 13.9 Å². The number of fused-ring (bicyclic) bond motifs is 1. The second-order valence-electron chi connectivity index (χ2n) is 7.04. The van der Waals surface area contributed by atoms with Gasteiger partial charge in [-0.3, -0.25) is 0 Å². The fraction of sp³-hybridized carbons (Fsp3) is 0.182. The van der Waals surface area contributed by atoms with Crippen molar-refractivity contribution in [1.29, 1.82) is 0 Å². The van der Waals surface area contributed by atoms with Gasteiger partial charge in [0.2, 0.25) is 0 Å². The molecule has 0 saturated heterocycles. The van der Waals surface area contributed by atoms with Gasteiger partial charge in [0.1, 0.15) is 12.1 Å². The number of hydrogen-bond acceptors (Lipinski definition) is 4. The molecule has 0 fully saturated rings. The number of aryl methyl sites for hydroxylation is 2. The first-order chi connectivity index (χ1) is 13.6. The number of nitrogens with zero attached hydrogens (tertiary/aromatic N) is 4. The van der Waals surface area contributed by atoms with Gasteiger partial charge in [0, 0.05) is 13.6 Å². The van der Waals surface area contributed by atoms with Crippen molar-refractivity contribution in [3.05, 3.63) is 77.6 Å². The van der Waals surface area contributed by atoms with Crippen LogP contribution in [0.3, 0.4) is 0 Å². The maximum atomic E-state index is 13.8. The van der Waals surface area contributed by atoms with Crippen LogP contribution in [-0.2, 0) is 6.54 Å². The lowest BCUT2D eigenvalue weighted by Gasteiger charge is -2.19. The minimum absolute atomic E-state index is 0.165. The molecule has 0 N–H and O–H groups in total. The number of hydrogen-bond donors (Lipinski definition) is 0. The molecule has 0 radical (unpaired) electrons. The Morgan fingerprint density at radius 1 is 1.00 bits per heavy atom. The SMILES string of the molecule is Cc1ccc(-c2cc3c(N(C)Cc4cccc(C)c4)ncnc3n2SF)cc1. The van der Waals surface area contributed by atoms with Gasteiger partial charge in [-0.1, -0.05) is 59.7 Å². The minimum atomic E-state index is 0.165. The van der Waals surface area contributed by atoms with E-state index in [9.17, 15) is 3.89 Å². The molecule has 0 aliphatic carbocycles. The zero-order valence-corrected chi connectivity index (χ0v) is 16.9. The topological polar surface area (TPSA) is 34.0 Å². The summed E-state index contributed by atoms with van der Waals surface area (Å²) in [5.41, 5.74) is 5.88. The molecule has 0 aliphatic heterocycles. The maximum Gasteiger partial charge on any atom is 0.171 e. The van der Waals surface area contributed by atoms with E-state index in [1.165, 1.54) is 21.4 Å². The number of anilines is 1. The zero-order valence-electron chi connectivity index (χ0n) is 16.1. The van der Waals surface area contributed by atoms with Crippen molar-refractivity contribution in [2.75, 3.05) is 11.9 Å². The molecule has 0 bridgehead atoms. The lowest BCUT2D eigenvalue weighted by atomic mass is 10.1. The van der Waals surface area contributed by atoms with Crippen LogP contribution < -0.4 is 4.90 Å². The summed E-state index contributed by atoms with van der Waals surface area (Å²) in [4.78, 5) is 10.9. The molecule has 0 spiro atoms. The monoisotopic (exact) mass is 392 g/mol. The van der Waals surface area contributed by atoms with Crippen LogP contribution in [-0.4, -0.2) is 21.0 Å². The van der Waals surface area contributed by atoms with Crippen molar-refractivity contribution in [2.45, 2.75) is 20.4 Å². The van der Waals surface area contributed by atoms with Gasteiger partial charge in [-0.05, 0) is 31.0 Å². The fourth-order valence-electron chi connectivity index (χ4n) is 3.44. The number of halogens is 1. The Hall–Kier alpha value is -2.86. The van der Waals surface area contributed by atoms with E-state index >= 15 is 0 Å². The zero-order chi connectivity index (χ0) is 19.7. The first kappa shape index (κ1) is 18.5. The molecule has 2 aromatic heterocycles. The second kappa shape index (κ2) is 7.64. The molecule has 2 heterocycles. The van der Waals surface area contributed by atoms with Gasteiger partial charge in [-0.2, -0.15) is 0 Å². The second-order valence-corrected chi connectivity index (χ2v) is 7.54. The van der Waals surface area contributed by atoms with Crippen molar-refractivity contribution in [2.24, 2.45) is 0 Å². The fourth-order valence-corrected chi connectivity index (χ4v) is 3.88. The molecule has 0 amide bonds. The van der Waals surface area contributed by atoms with Crippen LogP contribution in [0.4, 0.5) is 9.70 Å². The van der Waals surface area contributed by atoms with Crippen LogP contribution in [0.15, 0.2) is 60.9 Å². The summed E-state index contributed by atoms with van der Waals surface area (Å²) in [6.45, 7) is 4.83. The van der Waals surface area contributed by atoms with Gasteiger partial charge < -0.3 is 4.90 Å². The van der Waals surface area contributed by atoms with E-state index in [2.05, 4.69) is 46.1 Å². The number of aromatic nitrogens is 3. The third-order valence-electron chi connectivity index (χ3n) is 4.81. The molecule has 142 valence electrons. The van der Waals surface area contributed by atoms with Crippen molar-refractivity contribution in [3.63, 3.8) is 0 Å². The highest BCUT2D eigenvalue weighted by Gasteiger charge is 2.18. The van der Waals surface area contributed by atoms with Gasteiger partial charge in [0.05, 0.1) is 11.1 Å². The molecule has 4 rings (SSSR count). The van der Waals surface area contributed by atoms with Crippen molar-refractivity contribution in [3.8, 4) is 11.3 Å². The largest absolute Gasteiger partial charge is 0.355 e. The molecule has 0 saturated carbocycles. The van der Waals surface area contributed by atoms with Crippen LogP contribution in [0.1, 0.15) is 16.7 Å². The molecule has 6 heteroatoms. The first-order valence-corrected chi connectivity index (χ1v) is 9.73. The molecule has 28 heavy (non-hydrogen) atoms. The molecule has 2 aromatic carbocycles. The van der Waals surface area contributed by atoms with E-state index in [1.807, 2.05) is 44.3 Å². The lowest BCUT2D eigenvalue weighted by molar-refractivity contribution is 0.897. The highest BCUT2D eigenvalue weighted by Crippen LogP contribution is 2.35. The van der Waals surface area contributed by atoms with Crippen LogP contribution in [0.2, 0.25) is 0 Å². The third-order valence-corrected chi connectivity index (χ3v) is 5.32. The minimum Gasteiger partial charge on any atom is -0.355 e.